The minimum atomic E-state index is -5.54. The predicted octanol–water partition coefficient (Wildman–Crippen LogP) is -25.2. The van der Waals surface area contributed by atoms with Crippen molar-refractivity contribution in [3.8, 4) is 0 Å². The van der Waals surface area contributed by atoms with Gasteiger partial charge in [0.1, 0.15) is 263 Å². The topological polar surface area (TPSA) is 1050 Å². The highest BCUT2D eigenvalue weighted by molar-refractivity contribution is 7.80. The molecule has 0 aliphatic carbocycles. The first-order valence-electron chi connectivity index (χ1n) is 46.0. The van der Waals surface area contributed by atoms with Crippen molar-refractivity contribution >= 4 is 45.9 Å². The molecule has 11 rings (SSSR count). The van der Waals surface area contributed by atoms with E-state index in [-0.39, 0.29) is 0 Å². The minimum absolute atomic E-state index is 0.827. The van der Waals surface area contributed by atoms with Crippen LogP contribution in [-0.2, 0) is 143 Å². The molecule has 0 spiro atoms. The zero-order chi connectivity index (χ0) is 109. The van der Waals surface area contributed by atoms with Gasteiger partial charge in [-0.15, -0.1) is 0 Å². The zero-order valence-corrected chi connectivity index (χ0v) is 79.0. The lowest BCUT2D eigenvalue weighted by Crippen LogP contribution is -2.71. The van der Waals surface area contributed by atoms with Crippen LogP contribution >= 0.6 is 0 Å². The van der Waals surface area contributed by atoms with E-state index < -0.39 is 468 Å². The van der Waals surface area contributed by atoms with Crippen molar-refractivity contribution in [1.29, 1.82) is 0 Å². The third kappa shape index (κ3) is 27.8. The first-order chi connectivity index (χ1) is 69.2. The second-order valence-corrected chi connectivity index (χ2v) is 37.6. The lowest BCUT2D eigenvalue weighted by molar-refractivity contribution is -0.399. The predicted molar refractivity (Wildman–Crippen MR) is 448 cm³/mol. The largest absolute Gasteiger partial charge is 0.477 e. The van der Waals surface area contributed by atoms with Crippen molar-refractivity contribution in [1.82, 2.24) is 26.6 Å². The van der Waals surface area contributed by atoms with Crippen LogP contribution in [0.4, 0.5) is 0 Å². The molecule has 1 unspecified atom stereocenters. The highest BCUT2D eigenvalue weighted by Gasteiger charge is 2.64. The van der Waals surface area contributed by atoms with Crippen LogP contribution in [0.15, 0.2) is 0 Å². The maximum absolute atomic E-state index is 13.4. The van der Waals surface area contributed by atoms with Gasteiger partial charge >= 0.3 is 16.4 Å². The highest BCUT2D eigenvalue weighted by atomic mass is 32.3. The molecule has 850 valence electrons. The van der Waals surface area contributed by atoms with Crippen LogP contribution in [0.3, 0.4) is 0 Å². The summed E-state index contributed by atoms with van der Waals surface area (Å²) in [6.45, 7) is -8.93. The van der Waals surface area contributed by atoms with Gasteiger partial charge in [-0.2, -0.15) is 8.42 Å². The van der Waals surface area contributed by atoms with E-state index in [1.807, 2.05) is 0 Å². The highest BCUT2D eigenvalue weighted by Crippen LogP contribution is 2.43. The van der Waals surface area contributed by atoms with E-state index in [0.29, 0.717) is 0 Å². The molecule has 68 heteroatoms. The molecule has 56 atom stereocenters. The summed E-state index contributed by atoms with van der Waals surface area (Å²) in [4.78, 5) is 77.8. The number of rotatable bonds is 41. The second kappa shape index (κ2) is 52.5. The molecular formula is C79H131N5O62S. The number of nitrogens with one attached hydrogen (secondary N) is 5. The number of carbonyl (C=O) groups is 6. The van der Waals surface area contributed by atoms with Crippen molar-refractivity contribution < 1.29 is 304 Å². The summed E-state index contributed by atoms with van der Waals surface area (Å²) < 4.78 is 162. The molecule has 37 N–H and O–H groups in total. The first-order valence-corrected chi connectivity index (χ1v) is 47.3. The Bertz CT molecular complexity index is 4320. The van der Waals surface area contributed by atoms with Crippen molar-refractivity contribution in [2.24, 2.45) is 0 Å². The van der Waals surface area contributed by atoms with Crippen LogP contribution in [-0.4, -0.2) is 623 Å². The third-order valence-electron chi connectivity index (χ3n) is 26.2. The Balaban J connectivity index is 0.912. The summed E-state index contributed by atoms with van der Waals surface area (Å²) in [6.07, 6.45) is -114. The van der Waals surface area contributed by atoms with Crippen LogP contribution in [0, 0.1) is 0 Å². The lowest BCUT2D eigenvalue weighted by atomic mass is 9.88. The summed E-state index contributed by atoms with van der Waals surface area (Å²) in [5.74, 6) is -10.7. The average Bonchev–Trinajstić information content (AvgIpc) is 0.753. The molecule has 0 radical (unpaired) electrons. The fourth-order valence-corrected chi connectivity index (χ4v) is 19.0. The molecule has 147 heavy (non-hydrogen) atoms. The van der Waals surface area contributed by atoms with E-state index in [2.05, 4.69) is 30.8 Å². The number of aliphatic carboxylic acids is 1. The second-order valence-electron chi connectivity index (χ2n) is 36.5. The molecule has 11 fully saturated rings. The summed E-state index contributed by atoms with van der Waals surface area (Å²) >= 11 is 0. The van der Waals surface area contributed by atoms with Crippen LogP contribution in [0.1, 0.15) is 41.0 Å². The zero-order valence-electron chi connectivity index (χ0n) is 78.2. The minimum Gasteiger partial charge on any atom is -0.477 e. The quantitative estimate of drug-likeness (QED) is 0.0253. The fourth-order valence-electron chi connectivity index (χ4n) is 18.5. The number of hydrogen-bond donors (Lipinski definition) is 37. The van der Waals surface area contributed by atoms with E-state index in [1.165, 1.54) is 6.92 Å². The summed E-state index contributed by atoms with van der Waals surface area (Å²) in [7, 11) is -5.54. The van der Waals surface area contributed by atoms with Gasteiger partial charge in [0.2, 0.25) is 29.5 Å². The van der Waals surface area contributed by atoms with Crippen molar-refractivity contribution in [2.75, 3.05) is 72.7 Å². The number of carbonyl (C=O) groups excluding carboxylic acids is 5. The molecule has 0 aromatic heterocycles. The van der Waals surface area contributed by atoms with E-state index in [0.717, 1.165) is 27.7 Å². The standard InChI is InChI=1S/C79H131N5O62S/c1-18-40(100)51(111)55(115)72(128-18)125-16-33-62(47(107)36(68(119)129-33)80-19(2)93)138-69-37(81-20(3)94)48(108)60(29(12-90)133-69)140-74-57(117)64(46(106)31(136-74)15-126-76-66(53(113)42(102)25(8-86)131-76)143-70-38(82-21(4)95)50(110)61(30(13-91)134-70)141-75-58(118)65(146-147(122,123)124)45(105)27(10-88)130-75)142-77-67(54(114)43(103)26(9-87)132-77)144-71-39(83-22(5)96)49(109)59(28(11-89)135-71)139-73-56(116)52(112)44(104)32(137-73)17-127-79(78(120)121)6-23(97)35(84-34(99)14-92)63(145-79)41(101)24(98)7-85/h18,23-33,35-77,85-92,97-98,100-119H,6-17H2,1-5H3,(H,80,93)(H,81,94)(H,82,95)(H,83,96)(H,84,99)(H,120,121)(H,122,123,124)/t18-,23-,24+,25+,26+,27+,28+,29+,30+,31+,32+,33+,35+,36+,37+,38+,39-,40+,41+,42+,43+,44-,45-,46+,47+,48+,49+,50+,51+,52-,53-,54-,55-,56+,57-,58+,59+,60+,61+,62+,63+,64-,65-,66-,67-,68?,69-,70-,71-,72+,73-,74-,75-,76-,77+,79+/m0/s1. The van der Waals surface area contributed by atoms with E-state index in [4.69, 9.17) is 99.5 Å². The van der Waals surface area contributed by atoms with Gasteiger partial charge in [-0.25, -0.2) is 8.98 Å². The number of carboxylic acids is 1. The number of amides is 5. The summed E-state index contributed by atoms with van der Waals surface area (Å²) in [6, 6.07) is -10.1. The van der Waals surface area contributed by atoms with E-state index in [9.17, 15) is 200 Å². The van der Waals surface area contributed by atoms with Crippen molar-refractivity contribution in [2.45, 2.75) is 384 Å². The number of aliphatic hydroxyl groups is 30. The lowest BCUT2D eigenvalue weighted by Gasteiger charge is -2.51. The molecule has 0 aromatic rings. The number of carboxylic acid groups (broad SMARTS) is 1. The fraction of sp³-hybridized carbons (Fsp3) is 0.924. The van der Waals surface area contributed by atoms with Gasteiger partial charge in [-0.05, 0) is 6.92 Å². The van der Waals surface area contributed by atoms with Crippen LogP contribution in [0.25, 0.3) is 0 Å². The Labute approximate surface area is 830 Å². The van der Waals surface area contributed by atoms with Gasteiger partial charge in [0, 0.05) is 34.1 Å². The Hall–Kier alpha value is -5.35. The molecule has 67 nitrogen and oxygen atoms in total. The maximum atomic E-state index is 13.4. The maximum Gasteiger partial charge on any atom is 0.397 e. The van der Waals surface area contributed by atoms with Gasteiger partial charge in [0.25, 0.3) is 5.79 Å². The molecule has 5 amide bonds. The Morgan fingerprint density at radius 2 is 0.687 bits per heavy atom. The SMILES string of the molecule is CC(=O)N[C@@H]1[C@H](O[C@@H]2[C@@H](O[C@@H]3[C@H](O)[C@H](O[C@H]4[C@H](O)[C@@H](NC(C)=O)[C@H](O[C@H]5[C@H](O)[C@@H](NC(C)=O)C(O)O[C@@H]5CO[C@@H]5O[C@@H](C)[C@@H](O)[C@@H](O)[C@@H]5O)O[C@@H]4CO)O[C@H](CO[C@H]4O[C@H](CO)[C@@H](O)[C@H](O)[C@@H]4O[C@@H]4O[C@H](CO)[C@@H](O[C@@H]5O[C@H](CO)[C@H](O)[C@H](OS(=O)(=O)O)[C@H]5O)[C@H](O)[C@H]4NC(C)=O)[C@H]3O)O[C@H](CO)[C@@H](O)[C@@H]2O)O[C@H](CO)[C@@H](O[C@@H]2O[C@H](CO[C@]3(C(=O)O)C[C@H](O)[C@@H](NC(=O)CO)[C@H]([C@H](O)[C@H](O)CO)O3)[C@H](O)[C@H](O)[C@H]2O)[C@@H]1O. The molecule has 11 aliphatic heterocycles. The van der Waals surface area contributed by atoms with Crippen LogP contribution < -0.4 is 26.6 Å². The summed E-state index contributed by atoms with van der Waals surface area (Å²) in [5, 5.41) is 360. The molecular weight excluding hydrogens is 2040 g/mol. The number of aliphatic hydroxyl groups excluding tert-OH is 30. The van der Waals surface area contributed by atoms with Crippen molar-refractivity contribution in [3.05, 3.63) is 0 Å². The third-order valence-corrected chi connectivity index (χ3v) is 26.7. The number of ether oxygens (including phenoxy) is 21. The Morgan fingerprint density at radius 3 is 1.14 bits per heavy atom. The average molecular weight is 2170 g/mol. The molecule has 11 aliphatic rings. The summed E-state index contributed by atoms with van der Waals surface area (Å²) in [5.41, 5.74) is 0. The molecule has 0 saturated carbocycles. The van der Waals surface area contributed by atoms with Crippen LogP contribution in [0.5, 0.6) is 0 Å². The smallest absolute Gasteiger partial charge is 0.397 e. The van der Waals surface area contributed by atoms with Gasteiger partial charge in [-0.3, -0.25) is 28.5 Å². The van der Waals surface area contributed by atoms with E-state index in [1.54, 1.807) is 0 Å². The van der Waals surface area contributed by atoms with Gasteiger partial charge in [-0.1, -0.05) is 0 Å². The molecule has 0 bridgehead atoms. The van der Waals surface area contributed by atoms with Gasteiger partial charge in [0.15, 0.2) is 62.9 Å². The van der Waals surface area contributed by atoms with E-state index >= 15 is 0 Å². The Kier molecular flexibility index (Phi) is 43.5. The van der Waals surface area contributed by atoms with Gasteiger partial charge in [0.05, 0.1) is 84.3 Å². The molecule has 11 heterocycles. The normalized spacial score (nSPS) is 46.9. The first kappa shape index (κ1) is 122. The Morgan fingerprint density at radius 1 is 0.340 bits per heavy atom. The number of hydrogen-bond acceptors (Lipinski definition) is 60. The van der Waals surface area contributed by atoms with Crippen molar-refractivity contribution in [3.63, 3.8) is 0 Å². The monoisotopic (exact) mass is 2170 g/mol. The molecule has 11 saturated heterocycles. The van der Waals surface area contributed by atoms with Gasteiger partial charge < -0.3 is 284 Å². The molecule has 0 aromatic carbocycles. The van der Waals surface area contributed by atoms with Crippen LogP contribution in [0.2, 0.25) is 0 Å².